The maximum absolute atomic E-state index is 12.0. The third-order valence-electron chi connectivity index (χ3n) is 3.66. The number of benzene rings is 1. The van der Waals surface area contributed by atoms with Gasteiger partial charge in [-0.1, -0.05) is 12.1 Å². The highest BCUT2D eigenvalue weighted by Gasteiger charge is 2.22. The number of carbonyl (C=O) groups excluding carboxylic acids is 1. The quantitative estimate of drug-likeness (QED) is 0.757. The highest BCUT2D eigenvalue weighted by atomic mass is 35.5. The van der Waals surface area contributed by atoms with Gasteiger partial charge in [0.05, 0.1) is 12.3 Å². The topological polar surface area (TPSA) is 32.8 Å². The first-order valence-corrected chi connectivity index (χ1v) is 8.10. The normalized spacial score (nSPS) is 15.1. The predicted octanol–water partition coefficient (Wildman–Crippen LogP) is 2.75. The molecule has 1 aliphatic heterocycles. The van der Waals surface area contributed by atoms with E-state index in [1.54, 1.807) is 0 Å². The van der Waals surface area contributed by atoms with Crippen LogP contribution < -0.4 is 9.64 Å². The molecule has 1 fully saturated rings. The van der Waals surface area contributed by atoms with Gasteiger partial charge in [0.2, 0.25) is 5.91 Å². The number of hydrogen-bond acceptors (Lipinski definition) is 3. The predicted molar refractivity (Wildman–Crippen MR) is 86.4 cm³/mol. The molecule has 5 heteroatoms. The number of hydrogen-bond donors (Lipinski definition) is 0. The fourth-order valence-electron chi connectivity index (χ4n) is 2.57. The van der Waals surface area contributed by atoms with Crippen LogP contribution in [0.15, 0.2) is 24.3 Å². The van der Waals surface area contributed by atoms with Crippen LogP contribution >= 0.6 is 11.6 Å². The number of anilines is 1. The highest BCUT2D eigenvalue weighted by Crippen LogP contribution is 2.28. The molecule has 1 amide bonds. The molecule has 21 heavy (non-hydrogen) atoms. The Morgan fingerprint density at radius 2 is 1.95 bits per heavy atom. The Labute approximate surface area is 131 Å². The number of nitrogens with zero attached hydrogens (tertiary/aromatic N) is 2. The second kappa shape index (κ2) is 8.13. The number of alkyl halides is 1. The van der Waals surface area contributed by atoms with Crippen LogP contribution in [-0.2, 0) is 4.79 Å². The van der Waals surface area contributed by atoms with Crippen molar-refractivity contribution in [1.82, 2.24) is 4.90 Å². The average molecular weight is 311 g/mol. The Morgan fingerprint density at radius 1 is 1.24 bits per heavy atom. The van der Waals surface area contributed by atoms with Crippen molar-refractivity contribution < 1.29 is 9.53 Å². The van der Waals surface area contributed by atoms with E-state index in [-0.39, 0.29) is 5.91 Å². The van der Waals surface area contributed by atoms with E-state index in [1.165, 1.54) is 0 Å². The molecule has 1 aliphatic rings. The number of rotatable bonds is 6. The summed E-state index contributed by atoms with van der Waals surface area (Å²) >= 11 is 5.64. The lowest BCUT2D eigenvalue weighted by Gasteiger charge is -2.36. The van der Waals surface area contributed by atoms with Crippen LogP contribution in [0.2, 0.25) is 0 Å². The summed E-state index contributed by atoms with van der Waals surface area (Å²) in [5.74, 6) is 1.68. The van der Waals surface area contributed by atoms with Crippen LogP contribution in [0.1, 0.15) is 19.8 Å². The van der Waals surface area contributed by atoms with Crippen molar-refractivity contribution in [3.63, 3.8) is 0 Å². The lowest BCUT2D eigenvalue weighted by atomic mass is 10.2. The van der Waals surface area contributed by atoms with E-state index in [0.29, 0.717) is 18.9 Å². The van der Waals surface area contributed by atoms with Crippen molar-refractivity contribution in [3.05, 3.63) is 24.3 Å². The molecular weight excluding hydrogens is 288 g/mol. The molecule has 0 N–H and O–H groups in total. The maximum atomic E-state index is 12.0. The van der Waals surface area contributed by atoms with E-state index in [9.17, 15) is 4.79 Å². The van der Waals surface area contributed by atoms with Gasteiger partial charge < -0.3 is 14.5 Å². The summed E-state index contributed by atoms with van der Waals surface area (Å²) < 4.78 is 5.68. The minimum atomic E-state index is 0.216. The van der Waals surface area contributed by atoms with Crippen molar-refractivity contribution in [2.45, 2.75) is 19.8 Å². The molecule has 0 spiro atoms. The first kappa shape index (κ1) is 16.0. The summed E-state index contributed by atoms with van der Waals surface area (Å²) in [6.45, 7) is 5.87. The number of amides is 1. The molecule has 0 atom stereocenters. The molecule has 116 valence electrons. The largest absolute Gasteiger partial charge is 0.492 e. The lowest BCUT2D eigenvalue weighted by molar-refractivity contribution is -0.131. The zero-order valence-corrected chi connectivity index (χ0v) is 13.3. The van der Waals surface area contributed by atoms with Gasteiger partial charge in [-0.3, -0.25) is 4.79 Å². The minimum Gasteiger partial charge on any atom is -0.492 e. The van der Waals surface area contributed by atoms with Crippen LogP contribution in [0.5, 0.6) is 5.75 Å². The molecule has 4 nitrogen and oxygen atoms in total. The summed E-state index contributed by atoms with van der Waals surface area (Å²) in [7, 11) is 0. The molecule has 0 bridgehead atoms. The molecule has 1 saturated heterocycles. The highest BCUT2D eigenvalue weighted by molar-refractivity contribution is 6.17. The summed E-state index contributed by atoms with van der Waals surface area (Å²) in [5.41, 5.74) is 1.12. The molecule has 0 unspecified atom stereocenters. The van der Waals surface area contributed by atoms with E-state index in [4.69, 9.17) is 16.3 Å². The number of piperazine rings is 1. The third kappa shape index (κ3) is 4.27. The van der Waals surface area contributed by atoms with Crippen molar-refractivity contribution in [2.24, 2.45) is 0 Å². The SMILES string of the molecule is CCOc1ccccc1N1CCN(C(=O)CCCCl)CC1. The number of ether oxygens (including phenoxy) is 1. The van der Waals surface area contributed by atoms with Gasteiger partial charge in [0.1, 0.15) is 5.75 Å². The minimum absolute atomic E-state index is 0.216. The third-order valence-corrected chi connectivity index (χ3v) is 3.93. The molecule has 1 aromatic rings. The van der Waals surface area contributed by atoms with Gasteiger partial charge in [0.15, 0.2) is 0 Å². The average Bonchev–Trinajstić information content (AvgIpc) is 2.53. The van der Waals surface area contributed by atoms with Crippen molar-refractivity contribution in [3.8, 4) is 5.75 Å². The second-order valence-electron chi connectivity index (χ2n) is 5.06. The van der Waals surface area contributed by atoms with Gasteiger partial charge >= 0.3 is 0 Å². The van der Waals surface area contributed by atoms with E-state index in [1.807, 2.05) is 30.0 Å². The van der Waals surface area contributed by atoms with Gasteiger partial charge in [-0.2, -0.15) is 0 Å². The van der Waals surface area contributed by atoms with E-state index in [2.05, 4.69) is 11.0 Å². The van der Waals surface area contributed by atoms with Crippen LogP contribution in [0.3, 0.4) is 0 Å². The first-order valence-electron chi connectivity index (χ1n) is 7.56. The zero-order chi connectivity index (χ0) is 15.1. The monoisotopic (exact) mass is 310 g/mol. The Morgan fingerprint density at radius 3 is 2.62 bits per heavy atom. The molecule has 0 aromatic heterocycles. The fourth-order valence-corrected chi connectivity index (χ4v) is 2.70. The summed E-state index contributed by atoms with van der Waals surface area (Å²) in [4.78, 5) is 16.2. The van der Waals surface area contributed by atoms with Crippen molar-refractivity contribution in [2.75, 3.05) is 43.6 Å². The molecule has 0 aliphatic carbocycles. The second-order valence-corrected chi connectivity index (χ2v) is 5.44. The van der Waals surface area contributed by atoms with Crippen molar-refractivity contribution in [1.29, 1.82) is 0 Å². The van der Waals surface area contributed by atoms with E-state index in [0.717, 1.165) is 44.0 Å². The molecule has 0 radical (unpaired) electrons. The van der Waals surface area contributed by atoms with E-state index >= 15 is 0 Å². The van der Waals surface area contributed by atoms with Gasteiger partial charge in [-0.25, -0.2) is 0 Å². The van der Waals surface area contributed by atoms with Crippen LogP contribution in [0.25, 0.3) is 0 Å². The summed E-state index contributed by atoms with van der Waals surface area (Å²) in [6, 6.07) is 8.09. The van der Waals surface area contributed by atoms with Gasteiger partial charge in [0, 0.05) is 38.5 Å². The van der Waals surface area contributed by atoms with Gasteiger partial charge in [-0.05, 0) is 25.5 Å². The van der Waals surface area contributed by atoms with Crippen LogP contribution in [0, 0.1) is 0 Å². The van der Waals surface area contributed by atoms with Crippen LogP contribution in [-0.4, -0.2) is 49.5 Å². The Kier molecular flexibility index (Phi) is 6.18. The number of para-hydroxylation sites is 2. The summed E-state index contributed by atoms with van der Waals surface area (Å²) in [5, 5.41) is 0. The van der Waals surface area contributed by atoms with Gasteiger partial charge in [0.25, 0.3) is 0 Å². The van der Waals surface area contributed by atoms with E-state index < -0.39 is 0 Å². The Balaban J connectivity index is 1.93. The van der Waals surface area contributed by atoms with Crippen molar-refractivity contribution >= 4 is 23.2 Å². The molecule has 1 heterocycles. The maximum Gasteiger partial charge on any atom is 0.222 e. The van der Waals surface area contributed by atoms with Gasteiger partial charge in [-0.15, -0.1) is 11.6 Å². The molecule has 0 saturated carbocycles. The number of carbonyl (C=O) groups is 1. The zero-order valence-electron chi connectivity index (χ0n) is 12.6. The summed E-state index contributed by atoms with van der Waals surface area (Å²) in [6.07, 6.45) is 1.31. The van der Waals surface area contributed by atoms with Crippen LogP contribution in [0.4, 0.5) is 5.69 Å². The fraction of sp³-hybridized carbons (Fsp3) is 0.562. The standard InChI is InChI=1S/C16H23ClN2O2/c1-2-21-15-7-4-3-6-14(15)18-10-12-19(13-11-18)16(20)8-5-9-17/h3-4,6-7H,2,5,8-13H2,1H3. The Hall–Kier alpha value is -1.42. The lowest BCUT2D eigenvalue weighted by Crippen LogP contribution is -2.48. The molecular formula is C16H23ClN2O2. The Bertz CT molecular complexity index is 459. The first-order chi connectivity index (χ1) is 10.3. The molecule has 2 rings (SSSR count). The number of halogens is 1. The smallest absolute Gasteiger partial charge is 0.222 e. The molecule has 1 aromatic carbocycles.